The summed E-state index contributed by atoms with van der Waals surface area (Å²) in [6.07, 6.45) is 0.816. The molecule has 5 heteroatoms. The van der Waals surface area contributed by atoms with Crippen molar-refractivity contribution in [3.8, 4) is 0 Å². The number of nitrogens with zero attached hydrogens (tertiary/aromatic N) is 2. The van der Waals surface area contributed by atoms with E-state index in [1.807, 2.05) is 12.1 Å². The van der Waals surface area contributed by atoms with Crippen LogP contribution in [-0.4, -0.2) is 9.59 Å². The molecular formula is C13H16BrN3S. The van der Waals surface area contributed by atoms with Crippen LogP contribution in [0.5, 0.6) is 0 Å². The summed E-state index contributed by atoms with van der Waals surface area (Å²) in [6, 6.07) is 8.23. The third kappa shape index (κ3) is 3.16. The molecule has 0 amide bonds. The van der Waals surface area contributed by atoms with Gasteiger partial charge in [0.25, 0.3) is 0 Å². The highest BCUT2D eigenvalue weighted by atomic mass is 79.9. The Balaban J connectivity index is 2.14. The lowest BCUT2D eigenvalue weighted by atomic mass is 10.0. The first-order valence-corrected chi connectivity index (χ1v) is 7.46. The molecule has 96 valence electrons. The molecule has 0 aliphatic heterocycles. The van der Waals surface area contributed by atoms with Gasteiger partial charge in [-0.1, -0.05) is 46.4 Å². The van der Waals surface area contributed by atoms with Crippen LogP contribution in [0.15, 0.2) is 28.7 Å². The van der Waals surface area contributed by atoms with Crippen molar-refractivity contribution in [1.29, 1.82) is 0 Å². The molecule has 0 spiro atoms. The van der Waals surface area contributed by atoms with Crippen molar-refractivity contribution in [2.75, 3.05) is 0 Å². The fourth-order valence-electron chi connectivity index (χ4n) is 1.83. The van der Waals surface area contributed by atoms with Crippen LogP contribution in [0.2, 0.25) is 0 Å². The number of halogens is 1. The zero-order valence-corrected chi connectivity index (χ0v) is 12.8. The Hall–Kier alpha value is -0.780. The number of hydrogen-bond donors (Lipinski definition) is 1. The lowest BCUT2D eigenvalue weighted by Gasteiger charge is -2.12. The van der Waals surface area contributed by atoms with Gasteiger partial charge in [0.1, 0.15) is 0 Å². The molecule has 1 aromatic carbocycles. The molecule has 0 radical (unpaired) electrons. The molecule has 2 N–H and O–H groups in total. The Bertz CT molecular complexity index is 507. The Kier molecular flexibility index (Phi) is 4.48. The Morgan fingerprint density at radius 3 is 2.56 bits per heavy atom. The van der Waals surface area contributed by atoms with E-state index in [2.05, 4.69) is 51.5 Å². The smallest absolute Gasteiger partial charge is 0.0829 e. The van der Waals surface area contributed by atoms with Gasteiger partial charge in [-0.3, -0.25) is 0 Å². The van der Waals surface area contributed by atoms with Gasteiger partial charge >= 0.3 is 0 Å². The molecule has 0 aliphatic carbocycles. The van der Waals surface area contributed by atoms with E-state index in [-0.39, 0.29) is 6.04 Å². The van der Waals surface area contributed by atoms with Gasteiger partial charge in [0.2, 0.25) is 0 Å². The number of benzene rings is 1. The van der Waals surface area contributed by atoms with Crippen LogP contribution >= 0.6 is 27.5 Å². The van der Waals surface area contributed by atoms with Crippen molar-refractivity contribution < 1.29 is 0 Å². The summed E-state index contributed by atoms with van der Waals surface area (Å²) < 4.78 is 5.11. The van der Waals surface area contributed by atoms with Crippen LogP contribution in [-0.2, 0) is 6.42 Å². The van der Waals surface area contributed by atoms with Crippen LogP contribution in [0.4, 0.5) is 0 Å². The number of nitrogens with two attached hydrogens (primary N) is 1. The minimum Gasteiger partial charge on any atom is -0.323 e. The maximum atomic E-state index is 6.27. The molecule has 3 nitrogen and oxygen atoms in total. The van der Waals surface area contributed by atoms with E-state index >= 15 is 0 Å². The topological polar surface area (TPSA) is 51.8 Å². The summed E-state index contributed by atoms with van der Waals surface area (Å²) in [5.41, 5.74) is 8.53. The van der Waals surface area contributed by atoms with Gasteiger partial charge in [-0.2, -0.15) is 0 Å². The summed E-state index contributed by atoms with van der Waals surface area (Å²) in [7, 11) is 0. The van der Waals surface area contributed by atoms with Gasteiger partial charge in [0, 0.05) is 10.5 Å². The molecule has 1 unspecified atom stereocenters. The van der Waals surface area contributed by atoms with Crippen LogP contribution < -0.4 is 5.73 Å². The molecule has 18 heavy (non-hydrogen) atoms. The number of aromatic nitrogens is 2. The quantitative estimate of drug-likeness (QED) is 0.933. The van der Waals surface area contributed by atoms with Crippen LogP contribution in [0, 0.1) is 0 Å². The fraction of sp³-hybridized carbons (Fsp3) is 0.385. The van der Waals surface area contributed by atoms with E-state index in [1.165, 1.54) is 17.1 Å². The van der Waals surface area contributed by atoms with Crippen molar-refractivity contribution in [2.45, 2.75) is 32.2 Å². The summed E-state index contributed by atoms with van der Waals surface area (Å²) in [6.45, 7) is 4.24. The van der Waals surface area contributed by atoms with Crippen molar-refractivity contribution in [2.24, 2.45) is 5.73 Å². The van der Waals surface area contributed by atoms with Crippen molar-refractivity contribution in [3.05, 3.63) is 44.9 Å². The summed E-state index contributed by atoms with van der Waals surface area (Å²) >= 11 is 4.84. The summed E-state index contributed by atoms with van der Waals surface area (Å²) in [5, 5.41) is 4.17. The van der Waals surface area contributed by atoms with E-state index < -0.39 is 0 Å². The SMILES string of the molecule is CC(C)c1nnsc1C(N)Cc1ccc(Br)cc1. The molecule has 0 saturated heterocycles. The summed E-state index contributed by atoms with van der Waals surface area (Å²) in [4.78, 5) is 1.10. The van der Waals surface area contributed by atoms with E-state index in [0.29, 0.717) is 5.92 Å². The highest BCUT2D eigenvalue weighted by molar-refractivity contribution is 9.10. The molecule has 2 rings (SSSR count). The van der Waals surface area contributed by atoms with E-state index in [0.717, 1.165) is 21.5 Å². The molecule has 0 bridgehead atoms. The second-order valence-corrected chi connectivity index (χ2v) is 6.32. The zero-order chi connectivity index (χ0) is 13.1. The third-order valence-corrected chi connectivity index (χ3v) is 4.19. The minimum atomic E-state index is -0.0245. The molecule has 1 atom stereocenters. The summed E-state index contributed by atoms with van der Waals surface area (Å²) in [5.74, 6) is 0.370. The first-order valence-electron chi connectivity index (χ1n) is 5.90. The Morgan fingerprint density at radius 1 is 1.28 bits per heavy atom. The molecule has 2 aromatic rings. The first-order chi connectivity index (χ1) is 8.58. The second-order valence-electron chi connectivity index (χ2n) is 4.61. The lowest BCUT2D eigenvalue weighted by Crippen LogP contribution is -2.14. The fourth-order valence-corrected chi connectivity index (χ4v) is 2.90. The number of rotatable bonds is 4. The van der Waals surface area contributed by atoms with Gasteiger partial charge in [-0.15, -0.1) is 5.10 Å². The van der Waals surface area contributed by atoms with Gasteiger partial charge in [0.15, 0.2) is 0 Å². The average molecular weight is 326 g/mol. The second kappa shape index (κ2) is 5.91. The minimum absolute atomic E-state index is 0.0245. The molecule has 0 saturated carbocycles. The highest BCUT2D eigenvalue weighted by Gasteiger charge is 2.18. The van der Waals surface area contributed by atoms with Gasteiger partial charge in [-0.05, 0) is 41.6 Å². The number of hydrogen-bond acceptors (Lipinski definition) is 4. The first kappa shape index (κ1) is 13.6. The zero-order valence-electron chi connectivity index (χ0n) is 10.4. The molecule has 0 fully saturated rings. The largest absolute Gasteiger partial charge is 0.323 e. The predicted molar refractivity (Wildman–Crippen MR) is 78.8 cm³/mol. The normalized spacial score (nSPS) is 12.9. The predicted octanol–water partition coefficient (Wildman–Crippen LogP) is 3.67. The third-order valence-electron chi connectivity index (χ3n) is 2.79. The average Bonchev–Trinajstić information content (AvgIpc) is 2.81. The van der Waals surface area contributed by atoms with Crippen LogP contribution in [0.3, 0.4) is 0 Å². The maximum absolute atomic E-state index is 6.27. The van der Waals surface area contributed by atoms with Crippen LogP contribution in [0.1, 0.15) is 41.9 Å². The maximum Gasteiger partial charge on any atom is 0.0829 e. The molecule has 1 aromatic heterocycles. The Morgan fingerprint density at radius 2 is 1.94 bits per heavy atom. The van der Waals surface area contributed by atoms with Gasteiger partial charge < -0.3 is 5.73 Å². The van der Waals surface area contributed by atoms with E-state index in [9.17, 15) is 0 Å². The highest BCUT2D eigenvalue weighted by Crippen LogP contribution is 2.27. The molecule has 0 aliphatic rings. The van der Waals surface area contributed by atoms with Crippen molar-refractivity contribution in [1.82, 2.24) is 9.59 Å². The van der Waals surface area contributed by atoms with Crippen molar-refractivity contribution >= 4 is 27.5 Å². The van der Waals surface area contributed by atoms with Crippen LogP contribution in [0.25, 0.3) is 0 Å². The van der Waals surface area contributed by atoms with Crippen molar-refractivity contribution in [3.63, 3.8) is 0 Å². The standard InChI is InChI=1S/C13H16BrN3S/c1-8(2)12-13(18-17-16-12)11(15)7-9-3-5-10(14)6-4-9/h3-6,8,11H,7,15H2,1-2H3. The van der Waals surface area contributed by atoms with Gasteiger partial charge in [-0.25, -0.2) is 0 Å². The molecule has 1 heterocycles. The monoisotopic (exact) mass is 325 g/mol. The lowest BCUT2D eigenvalue weighted by molar-refractivity contribution is 0.700. The van der Waals surface area contributed by atoms with E-state index in [4.69, 9.17) is 5.73 Å². The molecular weight excluding hydrogens is 310 g/mol. The Labute approximate surface area is 120 Å². The van der Waals surface area contributed by atoms with Gasteiger partial charge in [0.05, 0.1) is 10.6 Å². The van der Waals surface area contributed by atoms with E-state index in [1.54, 1.807) is 0 Å².